The Morgan fingerprint density at radius 1 is 1.30 bits per heavy atom. The molecule has 2 aliphatic rings. The highest BCUT2D eigenvalue weighted by Crippen LogP contribution is 2.54. The van der Waals surface area contributed by atoms with E-state index in [-0.39, 0.29) is 28.5 Å². The summed E-state index contributed by atoms with van der Waals surface area (Å²) >= 11 is 12.7. The van der Waals surface area contributed by atoms with Gasteiger partial charge in [0, 0.05) is 5.92 Å². The molecular weight excluding hydrogens is 387 g/mol. The van der Waals surface area contributed by atoms with E-state index in [1.165, 1.54) is 6.07 Å². The van der Waals surface area contributed by atoms with Crippen molar-refractivity contribution >= 4 is 34.6 Å². The van der Waals surface area contributed by atoms with Gasteiger partial charge in [-0.2, -0.15) is 0 Å². The van der Waals surface area contributed by atoms with E-state index >= 15 is 0 Å². The maximum absolute atomic E-state index is 11.7. The average molecular weight is 405 g/mol. The molecule has 0 fully saturated rings. The number of ether oxygens (including phenoxy) is 1. The molecule has 0 unspecified atom stereocenters. The number of rotatable bonds is 4. The van der Waals surface area contributed by atoms with Crippen LogP contribution in [-0.2, 0) is 0 Å². The number of nitro benzene ring substituents is 1. The lowest BCUT2D eigenvalue weighted by Crippen LogP contribution is -2.30. The molecule has 0 saturated heterocycles. The highest BCUT2D eigenvalue weighted by atomic mass is 35.5. The van der Waals surface area contributed by atoms with Gasteiger partial charge in [-0.25, -0.2) is 0 Å². The molecule has 5 nitrogen and oxygen atoms in total. The van der Waals surface area contributed by atoms with Crippen molar-refractivity contribution in [2.75, 3.05) is 11.9 Å². The molecule has 7 heteroatoms. The summed E-state index contributed by atoms with van der Waals surface area (Å²) in [5.41, 5.74) is 2.28. The summed E-state index contributed by atoms with van der Waals surface area (Å²) in [5, 5.41) is 16.1. The topological polar surface area (TPSA) is 64.4 Å². The molecule has 1 N–H and O–H groups in total. The first-order valence-electron chi connectivity index (χ1n) is 8.83. The number of allylic oxidation sites excluding steroid dienone is 2. The second kappa shape index (κ2) is 7.06. The molecular formula is C20H18Cl2N2O3. The van der Waals surface area contributed by atoms with E-state index < -0.39 is 0 Å². The van der Waals surface area contributed by atoms with Crippen molar-refractivity contribution in [3.63, 3.8) is 0 Å². The van der Waals surface area contributed by atoms with Crippen LogP contribution in [0.5, 0.6) is 5.75 Å². The Bertz CT molecular complexity index is 945. The molecule has 0 radical (unpaired) electrons. The molecule has 2 aromatic rings. The second-order valence-corrected chi connectivity index (χ2v) is 7.50. The number of nitrogens with one attached hydrogen (secondary N) is 1. The Morgan fingerprint density at radius 3 is 2.85 bits per heavy atom. The van der Waals surface area contributed by atoms with Crippen molar-refractivity contribution in [1.82, 2.24) is 0 Å². The van der Waals surface area contributed by atoms with Crippen LogP contribution >= 0.6 is 23.2 Å². The quantitative estimate of drug-likeness (QED) is 0.378. The van der Waals surface area contributed by atoms with Crippen molar-refractivity contribution in [2.45, 2.75) is 25.3 Å². The number of hydrogen-bond acceptors (Lipinski definition) is 4. The zero-order valence-corrected chi connectivity index (χ0v) is 16.1. The molecule has 27 heavy (non-hydrogen) atoms. The average Bonchev–Trinajstić information content (AvgIpc) is 3.13. The van der Waals surface area contributed by atoms with Gasteiger partial charge in [0.05, 0.1) is 33.7 Å². The fourth-order valence-corrected chi connectivity index (χ4v) is 4.54. The van der Waals surface area contributed by atoms with Gasteiger partial charge in [0.2, 0.25) is 0 Å². The van der Waals surface area contributed by atoms with Crippen molar-refractivity contribution in [3.8, 4) is 5.75 Å². The predicted octanol–water partition coefficient (Wildman–Crippen LogP) is 6.13. The van der Waals surface area contributed by atoms with Gasteiger partial charge in [-0.05, 0) is 42.5 Å². The predicted molar refractivity (Wildman–Crippen MR) is 107 cm³/mol. The summed E-state index contributed by atoms with van der Waals surface area (Å²) in [5.74, 6) is 0.772. The molecule has 0 bridgehead atoms. The van der Waals surface area contributed by atoms with E-state index in [4.69, 9.17) is 27.9 Å². The number of fused-ring (bicyclic) bond motifs is 3. The molecule has 3 atom stereocenters. The zero-order chi connectivity index (χ0) is 19.1. The van der Waals surface area contributed by atoms with E-state index in [1.54, 1.807) is 6.07 Å². The normalized spacial score (nSPS) is 22.7. The van der Waals surface area contributed by atoms with Crippen molar-refractivity contribution in [1.29, 1.82) is 0 Å². The molecule has 0 saturated carbocycles. The number of anilines is 1. The van der Waals surface area contributed by atoms with Crippen LogP contribution in [0.2, 0.25) is 10.0 Å². The molecule has 0 aromatic heterocycles. The SMILES string of the molecule is CCOc1cc2c(c([N+](=O)[O-])c1)N[C@H](c1cccc(Cl)c1Cl)[C@@H]1CC=C[C@H]21. The largest absolute Gasteiger partial charge is 0.494 e. The third-order valence-electron chi connectivity index (χ3n) is 5.25. The molecule has 4 rings (SSSR count). The van der Waals surface area contributed by atoms with Gasteiger partial charge in [0.1, 0.15) is 11.4 Å². The van der Waals surface area contributed by atoms with Gasteiger partial charge in [-0.3, -0.25) is 10.1 Å². The summed E-state index contributed by atoms with van der Waals surface area (Å²) in [6.45, 7) is 2.31. The fraction of sp³-hybridized carbons (Fsp3) is 0.300. The summed E-state index contributed by atoms with van der Waals surface area (Å²) < 4.78 is 5.56. The van der Waals surface area contributed by atoms with Gasteiger partial charge in [-0.15, -0.1) is 0 Å². The van der Waals surface area contributed by atoms with E-state index in [9.17, 15) is 10.1 Å². The maximum atomic E-state index is 11.7. The molecule has 1 heterocycles. The molecule has 1 aliphatic carbocycles. The number of benzene rings is 2. The molecule has 0 amide bonds. The standard InChI is InChI=1S/C20H18Cl2N2O3/c1-2-27-11-9-15-12-5-3-6-13(12)19(14-7-4-8-16(21)18(14)22)23-20(15)17(10-11)24(25)26/h3-5,7-10,12-13,19,23H,2,6H2,1H3/t12-,13+,19-/m0/s1. The van der Waals surface area contributed by atoms with Gasteiger partial charge in [-0.1, -0.05) is 47.5 Å². The summed E-state index contributed by atoms with van der Waals surface area (Å²) in [6.07, 6.45) is 5.10. The van der Waals surface area contributed by atoms with Crippen LogP contribution in [0.4, 0.5) is 11.4 Å². The number of nitro groups is 1. The number of nitrogens with zero attached hydrogens (tertiary/aromatic N) is 1. The highest BCUT2D eigenvalue weighted by Gasteiger charge is 2.41. The van der Waals surface area contributed by atoms with Crippen molar-refractivity contribution < 1.29 is 9.66 Å². The summed E-state index contributed by atoms with van der Waals surface area (Å²) in [6, 6.07) is 8.73. The molecule has 140 valence electrons. The Balaban J connectivity index is 1.87. The van der Waals surface area contributed by atoms with Gasteiger partial charge >= 0.3 is 0 Å². The van der Waals surface area contributed by atoms with Gasteiger partial charge in [0.15, 0.2) is 0 Å². The highest BCUT2D eigenvalue weighted by molar-refractivity contribution is 6.42. The summed E-state index contributed by atoms with van der Waals surface area (Å²) in [4.78, 5) is 11.4. The van der Waals surface area contributed by atoms with Crippen LogP contribution in [0.15, 0.2) is 42.5 Å². The lowest BCUT2D eigenvalue weighted by Gasteiger charge is -2.37. The van der Waals surface area contributed by atoms with Crippen molar-refractivity contribution in [3.05, 3.63) is 73.8 Å². The number of halogens is 2. The Labute approximate surface area is 167 Å². The first-order valence-corrected chi connectivity index (χ1v) is 9.59. The van der Waals surface area contributed by atoms with Gasteiger partial charge < -0.3 is 10.1 Å². The lowest BCUT2D eigenvalue weighted by atomic mass is 9.76. The number of hydrogen-bond donors (Lipinski definition) is 1. The molecule has 2 aromatic carbocycles. The Kier molecular flexibility index (Phi) is 4.74. The summed E-state index contributed by atoms with van der Waals surface area (Å²) in [7, 11) is 0. The Morgan fingerprint density at radius 2 is 2.11 bits per heavy atom. The molecule has 1 aliphatic heterocycles. The fourth-order valence-electron chi connectivity index (χ4n) is 4.12. The van der Waals surface area contributed by atoms with Crippen LogP contribution < -0.4 is 10.1 Å². The lowest BCUT2D eigenvalue weighted by molar-refractivity contribution is -0.384. The smallest absolute Gasteiger partial charge is 0.296 e. The van der Waals surface area contributed by atoms with Crippen LogP contribution in [0, 0.1) is 16.0 Å². The minimum atomic E-state index is -0.371. The van der Waals surface area contributed by atoms with E-state index in [2.05, 4.69) is 17.5 Å². The minimum Gasteiger partial charge on any atom is -0.494 e. The third kappa shape index (κ3) is 3.05. The third-order valence-corrected chi connectivity index (χ3v) is 6.08. The first-order chi connectivity index (χ1) is 13.0. The zero-order valence-electron chi connectivity index (χ0n) is 14.6. The van der Waals surface area contributed by atoms with E-state index in [0.717, 1.165) is 17.5 Å². The minimum absolute atomic E-state index is 0.0119. The van der Waals surface area contributed by atoms with Crippen LogP contribution in [0.3, 0.4) is 0 Å². The second-order valence-electron chi connectivity index (χ2n) is 6.72. The van der Waals surface area contributed by atoms with Crippen LogP contribution in [-0.4, -0.2) is 11.5 Å². The van der Waals surface area contributed by atoms with Gasteiger partial charge in [0.25, 0.3) is 5.69 Å². The van der Waals surface area contributed by atoms with E-state index in [0.29, 0.717) is 28.1 Å². The van der Waals surface area contributed by atoms with Crippen molar-refractivity contribution in [2.24, 2.45) is 5.92 Å². The first kappa shape index (κ1) is 18.1. The van der Waals surface area contributed by atoms with Crippen LogP contribution in [0.1, 0.15) is 36.4 Å². The monoisotopic (exact) mass is 404 g/mol. The molecule has 0 spiro atoms. The van der Waals surface area contributed by atoms with E-state index in [1.807, 2.05) is 25.1 Å². The van der Waals surface area contributed by atoms with Crippen LogP contribution in [0.25, 0.3) is 0 Å². The Hall–Kier alpha value is -2.24. The maximum Gasteiger partial charge on any atom is 0.296 e.